The first-order chi connectivity index (χ1) is 10.5. The third-order valence-corrected chi connectivity index (χ3v) is 5.32. The highest BCUT2D eigenvalue weighted by Crippen LogP contribution is 2.19. The Morgan fingerprint density at radius 2 is 1.86 bits per heavy atom. The van der Waals surface area contributed by atoms with Crippen LogP contribution in [0.2, 0.25) is 0 Å². The summed E-state index contributed by atoms with van der Waals surface area (Å²) >= 11 is 0. The highest BCUT2D eigenvalue weighted by atomic mass is 32.2. The summed E-state index contributed by atoms with van der Waals surface area (Å²) in [6.45, 7) is 5.73. The zero-order valence-electron chi connectivity index (χ0n) is 13.4. The molecule has 0 radical (unpaired) electrons. The van der Waals surface area contributed by atoms with Gasteiger partial charge in [0.25, 0.3) is 0 Å². The van der Waals surface area contributed by atoms with Crippen LogP contribution in [-0.2, 0) is 21.3 Å². The van der Waals surface area contributed by atoms with Gasteiger partial charge in [-0.15, -0.1) is 0 Å². The molecule has 1 heterocycles. The van der Waals surface area contributed by atoms with Gasteiger partial charge in [0, 0.05) is 19.3 Å². The maximum atomic E-state index is 11.8. The average molecular weight is 326 g/mol. The van der Waals surface area contributed by atoms with Crippen molar-refractivity contribution in [3.05, 3.63) is 29.8 Å². The lowest BCUT2D eigenvalue weighted by Gasteiger charge is -2.30. The fourth-order valence-corrected chi connectivity index (χ4v) is 3.56. The van der Waals surface area contributed by atoms with E-state index in [0.29, 0.717) is 5.69 Å². The quantitative estimate of drug-likeness (QED) is 0.835. The number of methoxy groups -OCH3 is 1. The Bertz CT molecular complexity index is 549. The number of nitrogens with zero attached hydrogens (tertiary/aromatic N) is 1. The summed E-state index contributed by atoms with van der Waals surface area (Å²) in [6, 6.07) is 7.64. The van der Waals surface area contributed by atoms with E-state index in [2.05, 4.69) is 16.5 Å². The van der Waals surface area contributed by atoms with E-state index in [1.54, 1.807) is 0 Å². The van der Waals surface area contributed by atoms with Gasteiger partial charge in [0.15, 0.2) is 0 Å². The van der Waals surface area contributed by atoms with E-state index in [9.17, 15) is 8.42 Å². The molecule has 0 spiro atoms. The summed E-state index contributed by atoms with van der Waals surface area (Å²) in [6.07, 6.45) is 2.52. The van der Waals surface area contributed by atoms with Crippen LogP contribution in [0, 0.1) is 5.92 Å². The Hall–Kier alpha value is -1.11. The van der Waals surface area contributed by atoms with E-state index in [0.717, 1.165) is 25.6 Å². The predicted molar refractivity (Wildman–Crippen MR) is 89.4 cm³/mol. The highest BCUT2D eigenvalue weighted by Gasteiger charge is 2.15. The fourth-order valence-electron chi connectivity index (χ4n) is 2.58. The molecule has 2 rings (SSSR count). The molecule has 6 heteroatoms. The van der Waals surface area contributed by atoms with Gasteiger partial charge in [-0.25, -0.2) is 8.42 Å². The average Bonchev–Trinajstić information content (AvgIpc) is 2.49. The van der Waals surface area contributed by atoms with Gasteiger partial charge in [-0.05, 0) is 49.5 Å². The van der Waals surface area contributed by atoms with Crippen molar-refractivity contribution >= 4 is 15.7 Å². The molecule has 5 nitrogen and oxygen atoms in total. The van der Waals surface area contributed by atoms with Crippen molar-refractivity contribution in [1.82, 2.24) is 4.90 Å². The summed E-state index contributed by atoms with van der Waals surface area (Å²) < 4.78 is 31.0. The molecule has 22 heavy (non-hydrogen) atoms. The van der Waals surface area contributed by atoms with Gasteiger partial charge in [-0.3, -0.25) is 9.62 Å². The van der Waals surface area contributed by atoms with Gasteiger partial charge in [0.05, 0.1) is 12.4 Å². The van der Waals surface area contributed by atoms with Crippen LogP contribution in [0.4, 0.5) is 5.69 Å². The normalized spacial score (nSPS) is 17.5. The third kappa shape index (κ3) is 5.59. The Labute approximate surface area is 133 Å². The van der Waals surface area contributed by atoms with Crippen LogP contribution in [0.5, 0.6) is 0 Å². The summed E-state index contributed by atoms with van der Waals surface area (Å²) in [4.78, 5) is 2.46. The Morgan fingerprint density at radius 1 is 1.23 bits per heavy atom. The van der Waals surface area contributed by atoms with E-state index in [1.165, 1.54) is 25.5 Å². The number of sulfonamides is 1. The van der Waals surface area contributed by atoms with Crippen LogP contribution in [0.1, 0.15) is 25.3 Å². The molecule has 0 amide bonds. The Kier molecular flexibility index (Phi) is 6.23. The minimum Gasteiger partial charge on any atom is -0.384 e. The maximum Gasteiger partial charge on any atom is 0.234 e. The topological polar surface area (TPSA) is 58.6 Å². The number of benzene rings is 1. The van der Waals surface area contributed by atoms with E-state index < -0.39 is 10.0 Å². The maximum absolute atomic E-state index is 11.8. The molecule has 0 bridgehead atoms. The number of piperidine rings is 1. The molecule has 0 unspecified atom stereocenters. The minimum atomic E-state index is -3.33. The molecule has 0 saturated carbocycles. The standard InChI is InChI=1S/C16H26N2O3S/c1-14-7-9-18(10-8-14)13-15-3-5-16(6-4-15)17-22(19,20)12-11-21-2/h3-6,14,17H,7-13H2,1-2H3. The first kappa shape index (κ1) is 17.2. The number of nitrogens with one attached hydrogen (secondary N) is 1. The number of rotatable bonds is 7. The molecule has 1 N–H and O–H groups in total. The lowest BCUT2D eigenvalue weighted by atomic mass is 9.99. The van der Waals surface area contributed by atoms with Gasteiger partial charge < -0.3 is 4.74 Å². The molecule has 0 atom stereocenters. The lowest BCUT2D eigenvalue weighted by Crippen LogP contribution is -2.32. The summed E-state index contributed by atoms with van der Waals surface area (Å²) in [5.74, 6) is 0.803. The smallest absolute Gasteiger partial charge is 0.234 e. The van der Waals surface area contributed by atoms with Crippen LogP contribution in [0.15, 0.2) is 24.3 Å². The van der Waals surface area contributed by atoms with Gasteiger partial charge in [-0.1, -0.05) is 19.1 Å². The number of likely N-dealkylation sites (tertiary alicyclic amines) is 1. The molecule has 1 aliphatic rings. The van der Waals surface area contributed by atoms with Gasteiger partial charge in [0.1, 0.15) is 0 Å². The number of ether oxygens (including phenoxy) is 1. The Balaban J connectivity index is 1.87. The van der Waals surface area contributed by atoms with E-state index in [4.69, 9.17) is 4.74 Å². The largest absolute Gasteiger partial charge is 0.384 e. The second-order valence-electron chi connectivity index (χ2n) is 6.07. The van der Waals surface area contributed by atoms with Crippen molar-refractivity contribution < 1.29 is 13.2 Å². The summed E-state index contributed by atoms with van der Waals surface area (Å²) in [5.41, 5.74) is 1.82. The van der Waals surface area contributed by atoms with Crippen LogP contribution in [0.25, 0.3) is 0 Å². The van der Waals surface area contributed by atoms with E-state index in [1.807, 2.05) is 24.3 Å². The SMILES string of the molecule is COCCS(=O)(=O)Nc1ccc(CN2CCC(C)CC2)cc1. The van der Waals surface area contributed by atoms with E-state index >= 15 is 0 Å². The van der Waals surface area contributed by atoms with Crippen molar-refractivity contribution in [1.29, 1.82) is 0 Å². The van der Waals surface area contributed by atoms with Gasteiger partial charge in [-0.2, -0.15) is 0 Å². The molecule has 1 aliphatic heterocycles. The van der Waals surface area contributed by atoms with Crippen LogP contribution in [-0.4, -0.2) is 45.9 Å². The van der Waals surface area contributed by atoms with Crippen molar-refractivity contribution in [3.8, 4) is 0 Å². The van der Waals surface area contributed by atoms with Crippen LogP contribution >= 0.6 is 0 Å². The van der Waals surface area contributed by atoms with Crippen molar-refractivity contribution in [2.24, 2.45) is 5.92 Å². The zero-order valence-corrected chi connectivity index (χ0v) is 14.2. The van der Waals surface area contributed by atoms with Crippen molar-refractivity contribution in [3.63, 3.8) is 0 Å². The number of hydrogen-bond acceptors (Lipinski definition) is 4. The summed E-state index contributed by atoms with van der Waals surface area (Å²) in [7, 11) is -1.84. The number of hydrogen-bond donors (Lipinski definition) is 1. The molecular weight excluding hydrogens is 300 g/mol. The monoisotopic (exact) mass is 326 g/mol. The second kappa shape index (κ2) is 7.94. The van der Waals surface area contributed by atoms with Crippen molar-refractivity contribution in [2.45, 2.75) is 26.3 Å². The Morgan fingerprint density at radius 3 is 2.45 bits per heavy atom. The molecule has 1 aromatic rings. The first-order valence-electron chi connectivity index (χ1n) is 7.79. The molecular formula is C16H26N2O3S. The lowest BCUT2D eigenvalue weighted by molar-refractivity contribution is 0.185. The summed E-state index contributed by atoms with van der Waals surface area (Å²) in [5, 5.41) is 0. The predicted octanol–water partition coefficient (Wildman–Crippen LogP) is 2.31. The number of anilines is 1. The second-order valence-corrected chi connectivity index (χ2v) is 7.91. The molecule has 0 aliphatic carbocycles. The molecule has 1 saturated heterocycles. The van der Waals surface area contributed by atoms with Gasteiger partial charge in [0.2, 0.25) is 10.0 Å². The fraction of sp³-hybridized carbons (Fsp3) is 0.625. The molecule has 1 fully saturated rings. The third-order valence-electron chi connectivity index (χ3n) is 4.07. The van der Waals surface area contributed by atoms with Gasteiger partial charge >= 0.3 is 0 Å². The molecule has 1 aromatic carbocycles. The van der Waals surface area contributed by atoms with Crippen LogP contribution in [0.3, 0.4) is 0 Å². The molecule has 0 aromatic heterocycles. The van der Waals surface area contributed by atoms with Crippen molar-refractivity contribution in [2.75, 3.05) is 37.3 Å². The first-order valence-corrected chi connectivity index (χ1v) is 9.44. The minimum absolute atomic E-state index is 0.0305. The highest BCUT2D eigenvalue weighted by molar-refractivity contribution is 7.92. The van der Waals surface area contributed by atoms with E-state index in [-0.39, 0.29) is 12.4 Å². The van der Waals surface area contributed by atoms with Crippen LogP contribution < -0.4 is 4.72 Å². The molecule has 124 valence electrons. The zero-order chi connectivity index (χ0) is 16.0.